The van der Waals surface area contributed by atoms with E-state index in [4.69, 9.17) is 4.74 Å². The molecule has 0 aromatic carbocycles. The van der Waals surface area contributed by atoms with Crippen molar-refractivity contribution < 1.29 is 14.3 Å². The zero-order valence-electron chi connectivity index (χ0n) is 13.0. The summed E-state index contributed by atoms with van der Waals surface area (Å²) in [5.74, 6) is 0.401. The van der Waals surface area contributed by atoms with Crippen molar-refractivity contribution in [2.45, 2.75) is 56.9 Å². The van der Waals surface area contributed by atoms with Gasteiger partial charge in [-0.15, -0.1) is 0 Å². The molecule has 4 nitrogen and oxygen atoms in total. The van der Waals surface area contributed by atoms with Crippen molar-refractivity contribution in [2.24, 2.45) is 5.41 Å². The molecule has 2 fully saturated rings. The number of hydrogen-bond acceptors (Lipinski definition) is 4. The molecule has 0 aromatic heterocycles. The van der Waals surface area contributed by atoms with Crippen molar-refractivity contribution >= 4 is 11.6 Å². The molecule has 2 saturated carbocycles. The van der Waals surface area contributed by atoms with Crippen LogP contribution in [0.3, 0.4) is 0 Å². The van der Waals surface area contributed by atoms with Gasteiger partial charge in [0.25, 0.3) is 0 Å². The lowest BCUT2D eigenvalue weighted by atomic mass is 9.64. The molecule has 114 valence electrons. The van der Waals surface area contributed by atoms with Crippen LogP contribution < -0.4 is 0 Å². The molecular formula is C16H27NO3. The summed E-state index contributed by atoms with van der Waals surface area (Å²) in [5, 5.41) is 0. The molecule has 0 radical (unpaired) electrons. The first kappa shape index (κ1) is 15.6. The fraction of sp³-hybridized carbons (Fsp3) is 0.875. The topological polar surface area (TPSA) is 46.6 Å². The first-order chi connectivity index (χ1) is 9.47. The van der Waals surface area contributed by atoms with Crippen LogP contribution in [-0.4, -0.2) is 49.8 Å². The van der Waals surface area contributed by atoms with E-state index >= 15 is 0 Å². The fourth-order valence-corrected chi connectivity index (χ4v) is 4.03. The standard InChI is InChI=1S/C16H27NO3/c1-17(2)15(7-4-12-20-3)8-10-16(11-9-15)13(18)5-6-14(16)19/h4-12H2,1-3H3. The van der Waals surface area contributed by atoms with E-state index < -0.39 is 5.41 Å². The largest absolute Gasteiger partial charge is 0.385 e. The van der Waals surface area contributed by atoms with Crippen LogP contribution in [0.2, 0.25) is 0 Å². The van der Waals surface area contributed by atoms with E-state index in [-0.39, 0.29) is 17.1 Å². The smallest absolute Gasteiger partial charge is 0.146 e. The molecule has 0 aromatic rings. The van der Waals surface area contributed by atoms with E-state index in [0.29, 0.717) is 12.8 Å². The third kappa shape index (κ3) is 2.56. The lowest BCUT2D eigenvalue weighted by Gasteiger charge is -2.47. The van der Waals surface area contributed by atoms with Crippen LogP contribution in [-0.2, 0) is 14.3 Å². The summed E-state index contributed by atoms with van der Waals surface area (Å²) in [4.78, 5) is 26.6. The zero-order chi connectivity index (χ0) is 14.8. The number of ether oxygens (including phenoxy) is 1. The zero-order valence-corrected chi connectivity index (χ0v) is 13.0. The summed E-state index contributed by atoms with van der Waals surface area (Å²) >= 11 is 0. The molecule has 0 unspecified atom stereocenters. The molecule has 0 N–H and O–H groups in total. The van der Waals surface area contributed by atoms with Crippen molar-refractivity contribution in [1.82, 2.24) is 4.90 Å². The Labute approximate surface area is 121 Å². The average molecular weight is 281 g/mol. The van der Waals surface area contributed by atoms with Crippen LogP contribution in [0.1, 0.15) is 51.4 Å². The molecule has 2 aliphatic rings. The number of nitrogens with zero attached hydrogens (tertiary/aromatic N) is 1. The first-order valence-electron chi connectivity index (χ1n) is 7.70. The van der Waals surface area contributed by atoms with Gasteiger partial charge >= 0.3 is 0 Å². The normalized spacial score (nSPS) is 24.8. The van der Waals surface area contributed by atoms with Crippen LogP contribution in [0, 0.1) is 5.41 Å². The second-order valence-corrected chi connectivity index (χ2v) is 6.64. The van der Waals surface area contributed by atoms with Gasteiger partial charge < -0.3 is 9.64 Å². The number of rotatable bonds is 5. The Kier molecular flexibility index (Phi) is 4.65. The predicted molar refractivity (Wildman–Crippen MR) is 77.7 cm³/mol. The third-order valence-corrected chi connectivity index (χ3v) is 5.62. The van der Waals surface area contributed by atoms with Gasteiger partial charge in [-0.25, -0.2) is 0 Å². The van der Waals surface area contributed by atoms with Crippen molar-refractivity contribution in [2.75, 3.05) is 27.8 Å². The van der Waals surface area contributed by atoms with E-state index in [1.165, 1.54) is 0 Å². The van der Waals surface area contributed by atoms with E-state index in [9.17, 15) is 9.59 Å². The highest BCUT2D eigenvalue weighted by atomic mass is 16.5. The Hall–Kier alpha value is -0.740. The fourth-order valence-electron chi connectivity index (χ4n) is 4.03. The summed E-state index contributed by atoms with van der Waals surface area (Å²) < 4.78 is 5.16. The van der Waals surface area contributed by atoms with Crippen LogP contribution in [0.15, 0.2) is 0 Å². The quantitative estimate of drug-likeness (QED) is 0.572. The number of ketones is 2. The van der Waals surface area contributed by atoms with Crippen molar-refractivity contribution in [1.29, 1.82) is 0 Å². The van der Waals surface area contributed by atoms with Crippen LogP contribution in [0.5, 0.6) is 0 Å². The van der Waals surface area contributed by atoms with E-state index in [0.717, 1.165) is 45.1 Å². The van der Waals surface area contributed by atoms with Gasteiger partial charge in [-0.05, 0) is 52.6 Å². The number of hydrogen-bond donors (Lipinski definition) is 0. The molecule has 0 heterocycles. The Morgan fingerprint density at radius 3 is 2.05 bits per heavy atom. The summed E-state index contributed by atoms with van der Waals surface area (Å²) in [7, 11) is 5.96. The lowest BCUT2D eigenvalue weighted by Crippen LogP contribution is -2.51. The van der Waals surface area contributed by atoms with Crippen LogP contribution >= 0.6 is 0 Å². The predicted octanol–water partition coefficient (Wildman–Crippen LogP) is 2.21. The molecule has 4 heteroatoms. The number of carbonyl (C=O) groups is 2. The molecule has 20 heavy (non-hydrogen) atoms. The van der Waals surface area contributed by atoms with Gasteiger partial charge in [-0.1, -0.05) is 0 Å². The van der Waals surface area contributed by atoms with Gasteiger partial charge in [-0.2, -0.15) is 0 Å². The van der Waals surface area contributed by atoms with Gasteiger partial charge in [0.05, 0.1) is 5.41 Å². The highest BCUT2D eigenvalue weighted by molar-refractivity contribution is 6.12. The number of methoxy groups -OCH3 is 1. The molecule has 0 atom stereocenters. The summed E-state index contributed by atoms with van der Waals surface area (Å²) in [6.07, 6.45) is 6.43. The van der Waals surface area contributed by atoms with E-state index in [1.807, 2.05) is 0 Å². The maximum absolute atomic E-state index is 12.1. The lowest BCUT2D eigenvalue weighted by molar-refractivity contribution is -0.139. The minimum absolute atomic E-state index is 0.132. The van der Waals surface area contributed by atoms with Crippen molar-refractivity contribution in [3.05, 3.63) is 0 Å². The molecule has 2 rings (SSSR count). The van der Waals surface area contributed by atoms with Crippen molar-refractivity contribution in [3.8, 4) is 0 Å². The first-order valence-corrected chi connectivity index (χ1v) is 7.70. The minimum Gasteiger partial charge on any atom is -0.385 e. The maximum atomic E-state index is 12.1. The Bertz CT molecular complexity index is 363. The maximum Gasteiger partial charge on any atom is 0.146 e. The highest BCUT2D eigenvalue weighted by Gasteiger charge is 2.53. The van der Waals surface area contributed by atoms with Crippen molar-refractivity contribution in [3.63, 3.8) is 0 Å². The van der Waals surface area contributed by atoms with Gasteiger partial charge in [0.15, 0.2) is 0 Å². The van der Waals surface area contributed by atoms with Gasteiger partial charge in [0.2, 0.25) is 0 Å². The SMILES string of the molecule is COCCCC1(N(C)C)CCC2(CC1)C(=O)CCC2=O. The molecule has 1 spiro atoms. The molecule has 0 bridgehead atoms. The second kappa shape index (κ2) is 5.94. The Balaban J connectivity index is 2.06. The monoisotopic (exact) mass is 281 g/mol. The summed E-state index contributed by atoms with van der Waals surface area (Å²) in [5.41, 5.74) is -0.478. The van der Waals surface area contributed by atoms with E-state index in [2.05, 4.69) is 19.0 Å². The summed E-state index contributed by atoms with van der Waals surface area (Å²) in [6.45, 7) is 0.776. The molecule has 2 aliphatic carbocycles. The van der Waals surface area contributed by atoms with Gasteiger partial charge in [-0.3, -0.25) is 9.59 Å². The number of carbonyl (C=O) groups excluding carboxylic acids is 2. The average Bonchev–Trinajstić information content (AvgIpc) is 2.70. The summed E-state index contributed by atoms with van der Waals surface area (Å²) in [6, 6.07) is 0. The van der Waals surface area contributed by atoms with Gasteiger partial charge in [0, 0.05) is 32.1 Å². The van der Waals surface area contributed by atoms with E-state index in [1.54, 1.807) is 7.11 Å². The minimum atomic E-state index is -0.610. The second-order valence-electron chi connectivity index (χ2n) is 6.64. The van der Waals surface area contributed by atoms with Gasteiger partial charge in [0.1, 0.15) is 11.6 Å². The molecule has 0 aliphatic heterocycles. The molecular weight excluding hydrogens is 254 g/mol. The number of Topliss-reactive ketones (excluding diaryl/α,β-unsaturated/α-hetero) is 2. The Morgan fingerprint density at radius 1 is 1.05 bits per heavy atom. The highest BCUT2D eigenvalue weighted by Crippen LogP contribution is 2.49. The molecule has 0 saturated heterocycles. The third-order valence-electron chi connectivity index (χ3n) is 5.62. The Morgan fingerprint density at radius 2 is 1.60 bits per heavy atom. The van der Waals surface area contributed by atoms with Crippen LogP contribution in [0.4, 0.5) is 0 Å². The van der Waals surface area contributed by atoms with Crippen LogP contribution in [0.25, 0.3) is 0 Å². The molecule has 0 amide bonds.